The summed E-state index contributed by atoms with van der Waals surface area (Å²) in [6, 6.07) is 0. The third-order valence-electron chi connectivity index (χ3n) is 2.98. The average molecular weight is 191 g/mol. The van der Waals surface area contributed by atoms with Crippen LogP contribution >= 0.6 is 0 Å². The molecular formula is C11H17N3. The molecule has 14 heavy (non-hydrogen) atoms. The van der Waals surface area contributed by atoms with Crippen LogP contribution in [0.1, 0.15) is 42.6 Å². The Labute approximate surface area is 84.8 Å². The maximum Gasteiger partial charge on any atom is 0.115 e. The lowest BCUT2D eigenvalue weighted by Gasteiger charge is -2.19. The molecule has 3 nitrogen and oxygen atoms in total. The number of aromatic nitrogens is 2. The highest BCUT2D eigenvalue weighted by Gasteiger charge is 2.18. The average Bonchev–Trinajstić information content (AvgIpc) is 2.27. The standard InChI is InChI=1S/C11H17N3/c1-8(6-12)11-9-4-2-3-5-10(9)13-7-14-11/h7-8H,2-6,12H2,1H3. The first-order valence-corrected chi connectivity index (χ1v) is 5.35. The summed E-state index contributed by atoms with van der Waals surface area (Å²) in [6.45, 7) is 2.81. The van der Waals surface area contributed by atoms with Gasteiger partial charge < -0.3 is 5.73 Å². The summed E-state index contributed by atoms with van der Waals surface area (Å²) in [5.74, 6) is 0.366. The molecule has 0 saturated carbocycles. The molecular weight excluding hydrogens is 174 g/mol. The zero-order chi connectivity index (χ0) is 9.97. The number of hydrogen-bond acceptors (Lipinski definition) is 3. The molecule has 0 aliphatic heterocycles. The molecule has 0 spiro atoms. The molecule has 0 aromatic carbocycles. The first kappa shape index (κ1) is 9.59. The Kier molecular flexibility index (Phi) is 2.77. The van der Waals surface area contributed by atoms with E-state index in [-0.39, 0.29) is 0 Å². The van der Waals surface area contributed by atoms with Gasteiger partial charge in [-0.2, -0.15) is 0 Å². The van der Waals surface area contributed by atoms with E-state index in [9.17, 15) is 0 Å². The quantitative estimate of drug-likeness (QED) is 0.769. The van der Waals surface area contributed by atoms with Gasteiger partial charge in [-0.1, -0.05) is 6.92 Å². The molecule has 1 aromatic heterocycles. The van der Waals surface area contributed by atoms with E-state index in [1.54, 1.807) is 6.33 Å². The van der Waals surface area contributed by atoms with Crippen molar-refractivity contribution in [3.63, 3.8) is 0 Å². The van der Waals surface area contributed by atoms with Crippen molar-refractivity contribution in [2.24, 2.45) is 5.73 Å². The topological polar surface area (TPSA) is 51.8 Å². The summed E-state index contributed by atoms with van der Waals surface area (Å²) < 4.78 is 0. The van der Waals surface area contributed by atoms with Crippen LogP contribution in [0.2, 0.25) is 0 Å². The molecule has 0 radical (unpaired) electrons. The van der Waals surface area contributed by atoms with Crippen LogP contribution < -0.4 is 5.73 Å². The molecule has 2 rings (SSSR count). The summed E-state index contributed by atoms with van der Waals surface area (Å²) >= 11 is 0. The summed E-state index contributed by atoms with van der Waals surface area (Å²) in [6.07, 6.45) is 6.47. The van der Waals surface area contributed by atoms with Gasteiger partial charge in [0.15, 0.2) is 0 Å². The fourth-order valence-corrected chi connectivity index (χ4v) is 2.08. The van der Waals surface area contributed by atoms with Crippen LogP contribution in [-0.2, 0) is 12.8 Å². The molecule has 1 aliphatic carbocycles. The lowest BCUT2D eigenvalue weighted by Crippen LogP contribution is -2.17. The van der Waals surface area contributed by atoms with Gasteiger partial charge in [0.2, 0.25) is 0 Å². The number of nitrogens with two attached hydrogens (primary N) is 1. The lowest BCUT2D eigenvalue weighted by molar-refractivity contribution is 0.631. The van der Waals surface area contributed by atoms with Crippen LogP contribution in [0.15, 0.2) is 6.33 Å². The second-order valence-electron chi connectivity index (χ2n) is 4.03. The molecule has 76 valence electrons. The Bertz CT molecular complexity index is 322. The molecule has 2 N–H and O–H groups in total. The number of aryl methyl sites for hydroxylation is 1. The van der Waals surface area contributed by atoms with Crippen LogP contribution in [0.4, 0.5) is 0 Å². The number of rotatable bonds is 2. The molecule has 1 atom stereocenters. The molecule has 1 unspecified atom stereocenters. The Morgan fingerprint density at radius 2 is 2.14 bits per heavy atom. The lowest BCUT2D eigenvalue weighted by atomic mass is 9.91. The van der Waals surface area contributed by atoms with E-state index >= 15 is 0 Å². The fraction of sp³-hybridized carbons (Fsp3) is 0.636. The summed E-state index contributed by atoms with van der Waals surface area (Å²) in [4.78, 5) is 8.72. The molecule has 0 fully saturated rings. The largest absolute Gasteiger partial charge is 0.330 e. The van der Waals surface area contributed by atoms with Gasteiger partial charge in [0.05, 0.1) is 5.69 Å². The van der Waals surface area contributed by atoms with Gasteiger partial charge in [-0.05, 0) is 31.2 Å². The molecule has 0 bridgehead atoms. The van der Waals surface area contributed by atoms with E-state index in [1.165, 1.54) is 29.8 Å². The van der Waals surface area contributed by atoms with Crippen molar-refractivity contribution in [2.75, 3.05) is 6.54 Å². The van der Waals surface area contributed by atoms with E-state index in [1.807, 2.05) is 0 Å². The summed E-state index contributed by atoms with van der Waals surface area (Å²) in [5, 5.41) is 0. The van der Waals surface area contributed by atoms with Crippen molar-refractivity contribution >= 4 is 0 Å². The van der Waals surface area contributed by atoms with Crippen molar-refractivity contribution in [3.05, 3.63) is 23.3 Å². The van der Waals surface area contributed by atoms with Crippen LogP contribution in [0, 0.1) is 0 Å². The van der Waals surface area contributed by atoms with Gasteiger partial charge in [0.1, 0.15) is 6.33 Å². The maximum absolute atomic E-state index is 5.68. The molecule has 1 heterocycles. The van der Waals surface area contributed by atoms with E-state index in [0.717, 1.165) is 12.8 Å². The Morgan fingerprint density at radius 1 is 1.36 bits per heavy atom. The van der Waals surface area contributed by atoms with Crippen LogP contribution in [0.25, 0.3) is 0 Å². The van der Waals surface area contributed by atoms with Crippen molar-refractivity contribution in [1.29, 1.82) is 0 Å². The van der Waals surface area contributed by atoms with Gasteiger partial charge in [0, 0.05) is 18.2 Å². The number of hydrogen-bond donors (Lipinski definition) is 1. The molecule has 1 aliphatic rings. The highest BCUT2D eigenvalue weighted by atomic mass is 14.9. The monoisotopic (exact) mass is 191 g/mol. The van der Waals surface area contributed by atoms with Crippen LogP contribution in [-0.4, -0.2) is 16.5 Å². The minimum Gasteiger partial charge on any atom is -0.330 e. The number of fused-ring (bicyclic) bond motifs is 1. The zero-order valence-corrected chi connectivity index (χ0v) is 8.66. The van der Waals surface area contributed by atoms with Crippen molar-refractivity contribution in [3.8, 4) is 0 Å². The van der Waals surface area contributed by atoms with E-state index in [2.05, 4.69) is 16.9 Å². The van der Waals surface area contributed by atoms with Crippen LogP contribution in [0.5, 0.6) is 0 Å². The van der Waals surface area contributed by atoms with Gasteiger partial charge in [0.25, 0.3) is 0 Å². The Morgan fingerprint density at radius 3 is 2.93 bits per heavy atom. The van der Waals surface area contributed by atoms with E-state index in [0.29, 0.717) is 12.5 Å². The predicted molar refractivity (Wildman–Crippen MR) is 56.1 cm³/mol. The third kappa shape index (κ3) is 1.64. The Hall–Kier alpha value is -0.960. The van der Waals surface area contributed by atoms with Gasteiger partial charge >= 0.3 is 0 Å². The zero-order valence-electron chi connectivity index (χ0n) is 8.66. The van der Waals surface area contributed by atoms with Crippen molar-refractivity contribution in [2.45, 2.75) is 38.5 Å². The van der Waals surface area contributed by atoms with E-state index in [4.69, 9.17) is 5.73 Å². The number of nitrogens with zero attached hydrogens (tertiary/aromatic N) is 2. The second kappa shape index (κ2) is 4.05. The maximum atomic E-state index is 5.68. The highest BCUT2D eigenvalue weighted by Crippen LogP contribution is 2.25. The minimum absolute atomic E-state index is 0.366. The molecule has 1 aromatic rings. The van der Waals surface area contributed by atoms with Crippen molar-refractivity contribution in [1.82, 2.24) is 9.97 Å². The van der Waals surface area contributed by atoms with E-state index < -0.39 is 0 Å². The van der Waals surface area contributed by atoms with Gasteiger partial charge in [-0.3, -0.25) is 0 Å². The smallest absolute Gasteiger partial charge is 0.115 e. The first-order valence-electron chi connectivity index (χ1n) is 5.35. The minimum atomic E-state index is 0.366. The summed E-state index contributed by atoms with van der Waals surface area (Å²) in [7, 11) is 0. The third-order valence-corrected chi connectivity index (χ3v) is 2.98. The molecule has 0 amide bonds. The highest BCUT2D eigenvalue weighted by molar-refractivity contribution is 5.29. The second-order valence-corrected chi connectivity index (χ2v) is 4.03. The van der Waals surface area contributed by atoms with Gasteiger partial charge in [-0.25, -0.2) is 9.97 Å². The normalized spacial score (nSPS) is 17.6. The van der Waals surface area contributed by atoms with Gasteiger partial charge in [-0.15, -0.1) is 0 Å². The van der Waals surface area contributed by atoms with Crippen LogP contribution in [0.3, 0.4) is 0 Å². The van der Waals surface area contributed by atoms with Crippen molar-refractivity contribution < 1.29 is 0 Å². The summed E-state index contributed by atoms with van der Waals surface area (Å²) in [5.41, 5.74) is 9.48. The molecule has 3 heteroatoms. The Balaban J connectivity index is 2.39. The predicted octanol–water partition coefficient (Wildman–Crippen LogP) is 1.42. The SMILES string of the molecule is CC(CN)c1ncnc2c1CCCC2. The molecule has 0 saturated heterocycles. The fourth-order valence-electron chi connectivity index (χ4n) is 2.08. The first-order chi connectivity index (χ1) is 6.83.